The van der Waals surface area contributed by atoms with Crippen LogP contribution in [0.3, 0.4) is 0 Å². The molecule has 148 valence electrons. The first-order valence-electron chi connectivity index (χ1n) is 9.48. The fourth-order valence-electron chi connectivity index (χ4n) is 3.72. The third kappa shape index (κ3) is 3.56. The first kappa shape index (κ1) is 19.3. The highest BCUT2D eigenvalue weighted by atomic mass is 32.2. The molecule has 1 fully saturated rings. The number of sulfone groups is 1. The third-order valence-electron chi connectivity index (χ3n) is 5.45. The van der Waals surface area contributed by atoms with Crippen molar-refractivity contribution in [1.82, 2.24) is 4.98 Å². The van der Waals surface area contributed by atoms with E-state index in [0.29, 0.717) is 28.1 Å². The van der Waals surface area contributed by atoms with Gasteiger partial charge in [0.15, 0.2) is 0 Å². The van der Waals surface area contributed by atoms with E-state index in [9.17, 15) is 12.8 Å². The Bertz CT molecular complexity index is 1210. The molecular weight excluding hydrogens is 389 g/mol. The van der Waals surface area contributed by atoms with E-state index in [1.54, 1.807) is 6.07 Å². The standard InChI is InChI=1S/C22H20FN3O2S/c1-15-8-10-26(11-9-15)22-19-7-4-17(23)12-20(19)25-14-21(22)29(27,28)18-5-2-16(13-24)3-6-18/h2-7,12,14-15H,8-11H2,1H3. The quantitative estimate of drug-likeness (QED) is 0.644. The van der Waals surface area contributed by atoms with Crippen LogP contribution in [0, 0.1) is 23.1 Å². The number of fused-ring (bicyclic) bond motifs is 1. The monoisotopic (exact) mass is 409 g/mol. The van der Waals surface area contributed by atoms with Crippen LogP contribution in [-0.2, 0) is 9.84 Å². The van der Waals surface area contributed by atoms with E-state index in [0.717, 1.165) is 25.9 Å². The summed E-state index contributed by atoms with van der Waals surface area (Å²) in [6, 6.07) is 12.1. The summed E-state index contributed by atoms with van der Waals surface area (Å²) >= 11 is 0. The molecule has 1 aliphatic heterocycles. The summed E-state index contributed by atoms with van der Waals surface area (Å²) in [6.07, 6.45) is 3.24. The second-order valence-electron chi connectivity index (χ2n) is 7.44. The number of benzene rings is 2. The third-order valence-corrected chi connectivity index (χ3v) is 7.22. The van der Waals surface area contributed by atoms with Gasteiger partial charge in [-0.3, -0.25) is 4.98 Å². The van der Waals surface area contributed by atoms with Crippen LogP contribution in [-0.4, -0.2) is 26.5 Å². The molecule has 5 nitrogen and oxygen atoms in total. The van der Waals surface area contributed by atoms with Gasteiger partial charge in [0.2, 0.25) is 9.84 Å². The Morgan fingerprint density at radius 2 is 1.83 bits per heavy atom. The Labute approximate surface area is 169 Å². The molecule has 0 radical (unpaired) electrons. The first-order valence-corrected chi connectivity index (χ1v) is 11.0. The number of piperidine rings is 1. The molecular formula is C22H20FN3O2S. The molecule has 0 atom stereocenters. The maximum atomic E-state index is 13.7. The fourth-order valence-corrected chi connectivity index (χ4v) is 5.16. The lowest BCUT2D eigenvalue weighted by atomic mass is 9.98. The fraction of sp³-hybridized carbons (Fsp3) is 0.273. The second kappa shape index (κ2) is 7.45. The number of hydrogen-bond donors (Lipinski definition) is 0. The summed E-state index contributed by atoms with van der Waals surface area (Å²) in [4.78, 5) is 6.52. The van der Waals surface area contributed by atoms with E-state index in [4.69, 9.17) is 5.26 Å². The number of pyridine rings is 1. The highest BCUT2D eigenvalue weighted by Crippen LogP contribution is 2.37. The van der Waals surface area contributed by atoms with E-state index in [2.05, 4.69) is 16.8 Å². The van der Waals surface area contributed by atoms with Crippen LogP contribution in [0.2, 0.25) is 0 Å². The van der Waals surface area contributed by atoms with E-state index >= 15 is 0 Å². The number of halogens is 1. The zero-order valence-electron chi connectivity index (χ0n) is 16.0. The van der Waals surface area contributed by atoms with Gasteiger partial charge in [0.1, 0.15) is 10.7 Å². The molecule has 0 amide bonds. The lowest BCUT2D eigenvalue weighted by Crippen LogP contribution is -2.34. The van der Waals surface area contributed by atoms with E-state index in [1.807, 2.05) is 6.07 Å². The normalized spacial score (nSPS) is 15.4. The maximum Gasteiger partial charge on any atom is 0.210 e. The van der Waals surface area contributed by atoms with E-state index in [1.165, 1.54) is 42.6 Å². The van der Waals surface area contributed by atoms with Gasteiger partial charge in [-0.15, -0.1) is 0 Å². The molecule has 2 aromatic carbocycles. The Balaban J connectivity index is 1.92. The van der Waals surface area contributed by atoms with Crippen LogP contribution in [0.1, 0.15) is 25.3 Å². The molecule has 0 unspecified atom stereocenters. The summed E-state index contributed by atoms with van der Waals surface area (Å²) in [5.74, 6) is 0.168. The van der Waals surface area contributed by atoms with Crippen molar-refractivity contribution in [2.75, 3.05) is 18.0 Å². The molecule has 29 heavy (non-hydrogen) atoms. The number of hydrogen-bond acceptors (Lipinski definition) is 5. The Kier molecular flexibility index (Phi) is 4.97. The molecule has 1 aromatic heterocycles. The van der Waals surface area contributed by atoms with Crippen LogP contribution in [0.25, 0.3) is 10.9 Å². The van der Waals surface area contributed by atoms with Gasteiger partial charge in [-0.05, 0) is 55.2 Å². The largest absolute Gasteiger partial charge is 0.370 e. The van der Waals surface area contributed by atoms with Crippen LogP contribution >= 0.6 is 0 Å². The van der Waals surface area contributed by atoms with Crippen molar-refractivity contribution >= 4 is 26.4 Å². The highest BCUT2D eigenvalue weighted by molar-refractivity contribution is 7.91. The Hall–Kier alpha value is -2.98. The molecule has 0 spiro atoms. The first-order chi connectivity index (χ1) is 13.9. The predicted molar refractivity (Wildman–Crippen MR) is 109 cm³/mol. The van der Waals surface area contributed by atoms with Crippen molar-refractivity contribution in [3.63, 3.8) is 0 Å². The predicted octanol–water partition coefficient (Wildman–Crippen LogP) is 4.31. The summed E-state index contributed by atoms with van der Waals surface area (Å²) in [6.45, 7) is 3.65. The van der Waals surface area contributed by atoms with Crippen LogP contribution in [0.4, 0.5) is 10.1 Å². The minimum atomic E-state index is -3.87. The second-order valence-corrected chi connectivity index (χ2v) is 9.36. The van der Waals surface area contributed by atoms with Crippen molar-refractivity contribution in [1.29, 1.82) is 5.26 Å². The number of aromatic nitrogens is 1. The van der Waals surface area contributed by atoms with Gasteiger partial charge < -0.3 is 4.90 Å². The zero-order chi connectivity index (χ0) is 20.6. The Morgan fingerprint density at radius 3 is 2.48 bits per heavy atom. The van der Waals surface area contributed by atoms with Gasteiger partial charge in [0.05, 0.1) is 27.7 Å². The molecule has 0 bridgehead atoms. The lowest BCUT2D eigenvalue weighted by Gasteiger charge is -2.34. The smallest absolute Gasteiger partial charge is 0.210 e. The lowest BCUT2D eigenvalue weighted by molar-refractivity contribution is 0.437. The van der Waals surface area contributed by atoms with Gasteiger partial charge >= 0.3 is 0 Å². The summed E-state index contributed by atoms with van der Waals surface area (Å²) in [7, 11) is -3.87. The SMILES string of the molecule is CC1CCN(c2c(S(=O)(=O)c3ccc(C#N)cc3)cnc3cc(F)ccc23)CC1. The number of anilines is 1. The van der Waals surface area contributed by atoms with E-state index < -0.39 is 15.7 Å². The van der Waals surface area contributed by atoms with Crippen LogP contribution < -0.4 is 4.90 Å². The zero-order valence-corrected chi connectivity index (χ0v) is 16.8. The Morgan fingerprint density at radius 1 is 1.14 bits per heavy atom. The van der Waals surface area contributed by atoms with Gasteiger partial charge in [-0.25, -0.2) is 12.8 Å². The molecule has 7 heteroatoms. The van der Waals surface area contributed by atoms with Gasteiger partial charge in [-0.2, -0.15) is 5.26 Å². The molecule has 1 saturated heterocycles. The van der Waals surface area contributed by atoms with Crippen molar-refractivity contribution in [3.8, 4) is 6.07 Å². The van der Waals surface area contributed by atoms with Crippen molar-refractivity contribution in [2.45, 2.75) is 29.6 Å². The van der Waals surface area contributed by atoms with Crippen molar-refractivity contribution < 1.29 is 12.8 Å². The summed E-state index contributed by atoms with van der Waals surface area (Å²) < 4.78 is 40.6. The molecule has 0 aliphatic carbocycles. The summed E-state index contributed by atoms with van der Waals surface area (Å²) in [5, 5.41) is 9.60. The molecule has 0 saturated carbocycles. The maximum absolute atomic E-state index is 13.7. The number of nitriles is 1. The minimum Gasteiger partial charge on any atom is -0.370 e. The van der Waals surface area contributed by atoms with Gasteiger partial charge in [0.25, 0.3) is 0 Å². The summed E-state index contributed by atoms with van der Waals surface area (Å²) in [5.41, 5.74) is 1.39. The molecule has 4 rings (SSSR count). The average molecular weight is 409 g/mol. The minimum absolute atomic E-state index is 0.103. The van der Waals surface area contributed by atoms with Gasteiger partial charge in [-0.1, -0.05) is 6.92 Å². The van der Waals surface area contributed by atoms with Crippen LogP contribution in [0.5, 0.6) is 0 Å². The molecule has 2 heterocycles. The number of nitrogens with zero attached hydrogens (tertiary/aromatic N) is 3. The highest BCUT2D eigenvalue weighted by Gasteiger charge is 2.28. The van der Waals surface area contributed by atoms with Gasteiger partial charge in [0, 0.05) is 30.7 Å². The topological polar surface area (TPSA) is 74.1 Å². The van der Waals surface area contributed by atoms with Crippen molar-refractivity contribution in [3.05, 3.63) is 60.0 Å². The van der Waals surface area contributed by atoms with Crippen molar-refractivity contribution in [2.24, 2.45) is 5.92 Å². The average Bonchev–Trinajstić information content (AvgIpc) is 2.73. The number of rotatable bonds is 3. The molecule has 0 N–H and O–H groups in total. The van der Waals surface area contributed by atoms with Crippen LogP contribution in [0.15, 0.2) is 58.5 Å². The molecule has 1 aliphatic rings. The molecule has 3 aromatic rings. The van der Waals surface area contributed by atoms with E-state index in [-0.39, 0.29) is 9.79 Å².